The molecular weight excluding hydrogens is 250 g/mol. The molecule has 0 amide bonds. The van der Waals surface area contributed by atoms with Crippen molar-refractivity contribution in [3.8, 4) is 16.9 Å². The van der Waals surface area contributed by atoms with E-state index < -0.39 is 10.3 Å². The highest BCUT2D eigenvalue weighted by Gasteiger charge is 2.18. The Balaban J connectivity index is 2.03. The third-order valence-corrected chi connectivity index (χ3v) is 3.40. The van der Waals surface area contributed by atoms with E-state index in [4.69, 9.17) is 5.14 Å². The summed E-state index contributed by atoms with van der Waals surface area (Å²) < 4.78 is 26.4. The summed E-state index contributed by atoms with van der Waals surface area (Å²) in [4.78, 5) is 0. The summed E-state index contributed by atoms with van der Waals surface area (Å²) in [6.45, 7) is 0. The normalized spacial score (nSPS) is 12.9. The van der Waals surface area contributed by atoms with E-state index in [1.165, 1.54) is 11.1 Å². The molecule has 2 N–H and O–H groups in total. The molecule has 1 aliphatic carbocycles. The third-order valence-electron chi connectivity index (χ3n) is 2.98. The zero-order chi connectivity index (χ0) is 12.8. The summed E-state index contributed by atoms with van der Waals surface area (Å²) in [6, 6.07) is 13.3. The minimum absolute atomic E-state index is 0.254. The summed E-state index contributed by atoms with van der Waals surface area (Å²) in [5.74, 6) is 0.254. The molecule has 0 aliphatic heterocycles. The van der Waals surface area contributed by atoms with Crippen LogP contribution in [0.5, 0.6) is 5.75 Å². The molecule has 18 heavy (non-hydrogen) atoms. The number of benzene rings is 2. The summed E-state index contributed by atoms with van der Waals surface area (Å²) in [7, 11) is -3.96. The third kappa shape index (κ3) is 1.98. The summed E-state index contributed by atoms with van der Waals surface area (Å²) in [5, 5.41) is 4.85. The Morgan fingerprint density at radius 3 is 2.50 bits per heavy atom. The van der Waals surface area contributed by atoms with Crippen molar-refractivity contribution in [2.24, 2.45) is 5.14 Å². The van der Waals surface area contributed by atoms with Crippen LogP contribution in [0.2, 0.25) is 0 Å². The number of hydrogen-bond donors (Lipinski definition) is 1. The van der Waals surface area contributed by atoms with Gasteiger partial charge < -0.3 is 4.18 Å². The van der Waals surface area contributed by atoms with Crippen molar-refractivity contribution in [3.63, 3.8) is 0 Å². The quantitative estimate of drug-likeness (QED) is 0.765. The number of fused-ring (bicyclic) bond motifs is 3. The van der Waals surface area contributed by atoms with Gasteiger partial charge >= 0.3 is 10.3 Å². The first-order valence-corrected chi connectivity index (χ1v) is 6.93. The van der Waals surface area contributed by atoms with Crippen molar-refractivity contribution in [1.29, 1.82) is 0 Å². The average Bonchev–Trinajstić information content (AvgIpc) is 2.64. The van der Waals surface area contributed by atoms with Crippen LogP contribution in [-0.4, -0.2) is 8.42 Å². The van der Waals surface area contributed by atoms with E-state index in [0.717, 1.165) is 17.5 Å². The van der Waals surface area contributed by atoms with Crippen LogP contribution in [0.1, 0.15) is 11.1 Å². The van der Waals surface area contributed by atoms with E-state index in [0.29, 0.717) is 0 Å². The Bertz CT molecular complexity index is 723. The fourth-order valence-corrected chi connectivity index (χ4v) is 2.68. The minimum atomic E-state index is -3.96. The van der Waals surface area contributed by atoms with Crippen molar-refractivity contribution in [2.45, 2.75) is 6.42 Å². The molecule has 0 heterocycles. The molecule has 0 atom stereocenters. The molecule has 92 valence electrons. The Labute approximate surface area is 105 Å². The van der Waals surface area contributed by atoms with Crippen LogP contribution in [0.4, 0.5) is 0 Å². The van der Waals surface area contributed by atoms with Gasteiger partial charge in [0.25, 0.3) is 0 Å². The highest BCUT2D eigenvalue weighted by Crippen LogP contribution is 2.38. The molecule has 3 rings (SSSR count). The van der Waals surface area contributed by atoms with Gasteiger partial charge in [0, 0.05) is 0 Å². The van der Waals surface area contributed by atoms with Crippen molar-refractivity contribution in [3.05, 3.63) is 53.6 Å². The lowest BCUT2D eigenvalue weighted by Crippen LogP contribution is -2.18. The van der Waals surface area contributed by atoms with Gasteiger partial charge in [-0.05, 0) is 40.8 Å². The predicted molar refractivity (Wildman–Crippen MR) is 68.4 cm³/mol. The van der Waals surface area contributed by atoms with Crippen LogP contribution in [0, 0.1) is 0 Å². The van der Waals surface area contributed by atoms with E-state index in [1.807, 2.05) is 18.2 Å². The average molecular weight is 261 g/mol. The molecule has 0 spiro atoms. The maximum absolute atomic E-state index is 10.9. The van der Waals surface area contributed by atoms with Gasteiger partial charge in [-0.25, -0.2) is 0 Å². The molecule has 0 saturated carbocycles. The van der Waals surface area contributed by atoms with Crippen LogP contribution >= 0.6 is 0 Å². The first-order chi connectivity index (χ1) is 8.53. The number of rotatable bonds is 2. The molecule has 1 aliphatic rings. The lowest BCUT2D eigenvalue weighted by molar-refractivity contribution is 0.487. The highest BCUT2D eigenvalue weighted by atomic mass is 32.2. The van der Waals surface area contributed by atoms with E-state index in [-0.39, 0.29) is 5.75 Å². The van der Waals surface area contributed by atoms with Crippen molar-refractivity contribution >= 4 is 10.3 Å². The van der Waals surface area contributed by atoms with Crippen molar-refractivity contribution < 1.29 is 12.6 Å². The van der Waals surface area contributed by atoms with Gasteiger partial charge in [-0.2, -0.15) is 13.6 Å². The second-order valence-corrected chi connectivity index (χ2v) is 5.38. The van der Waals surface area contributed by atoms with Gasteiger partial charge in [0.1, 0.15) is 5.75 Å². The minimum Gasteiger partial charge on any atom is -0.371 e. The van der Waals surface area contributed by atoms with Crippen LogP contribution in [0.25, 0.3) is 11.1 Å². The molecular formula is C13H11NO3S. The molecule has 0 saturated heterocycles. The predicted octanol–water partition coefficient (Wildman–Crippen LogP) is 1.84. The van der Waals surface area contributed by atoms with E-state index in [9.17, 15) is 8.42 Å². The topological polar surface area (TPSA) is 69.4 Å². The molecule has 0 radical (unpaired) electrons. The second-order valence-electron chi connectivity index (χ2n) is 4.23. The smallest absolute Gasteiger partial charge is 0.371 e. The Hall–Kier alpha value is -1.85. The lowest BCUT2D eigenvalue weighted by Gasteiger charge is -2.05. The lowest BCUT2D eigenvalue weighted by atomic mass is 10.1. The molecule has 0 aromatic heterocycles. The first kappa shape index (κ1) is 11.3. The van der Waals surface area contributed by atoms with Crippen LogP contribution < -0.4 is 9.32 Å². The SMILES string of the molecule is NS(=O)(=O)Oc1ccc2c(c1)Cc1ccccc1-2. The molecule has 0 unspecified atom stereocenters. The molecule has 0 bridgehead atoms. The molecule has 2 aromatic carbocycles. The van der Waals surface area contributed by atoms with Crippen molar-refractivity contribution in [2.75, 3.05) is 0 Å². The maximum Gasteiger partial charge on any atom is 0.380 e. The Kier molecular flexibility index (Phi) is 2.39. The standard InChI is InChI=1S/C13H11NO3S/c14-18(15,16)17-11-5-6-13-10(8-11)7-9-3-1-2-4-12(9)13/h1-6,8H,7H2,(H2,14,15,16). The van der Waals surface area contributed by atoms with E-state index in [2.05, 4.69) is 16.3 Å². The maximum atomic E-state index is 10.9. The van der Waals surface area contributed by atoms with E-state index in [1.54, 1.807) is 12.1 Å². The van der Waals surface area contributed by atoms with Gasteiger partial charge in [0.2, 0.25) is 0 Å². The first-order valence-electron chi connectivity index (χ1n) is 5.46. The van der Waals surface area contributed by atoms with Gasteiger partial charge in [-0.1, -0.05) is 30.3 Å². The molecule has 5 heteroatoms. The molecule has 4 nitrogen and oxygen atoms in total. The summed E-state index contributed by atoms with van der Waals surface area (Å²) in [5.41, 5.74) is 4.60. The van der Waals surface area contributed by atoms with Crippen LogP contribution in [0.15, 0.2) is 42.5 Å². The molecule has 2 aromatic rings. The Morgan fingerprint density at radius 1 is 1.00 bits per heavy atom. The largest absolute Gasteiger partial charge is 0.380 e. The van der Waals surface area contributed by atoms with Crippen LogP contribution in [0.3, 0.4) is 0 Å². The second kappa shape index (κ2) is 3.83. The van der Waals surface area contributed by atoms with Gasteiger partial charge in [0.05, 0.1) is 0 Å². The summed E-state index contributed by atoms with van der Waals surface area (Å²) >= 11 is 0. The van der Waals surface area contributed by atoms with Gasteiger partial charge in [-0.3, -0.25) is 0 Å². The number of nitrogens with two attached hydrogens (primary N) is 1. The Morgan fingerprint density at radius 2 is 1.72 bits per heavy atom. The zero-order valence-corrected chi connectivity index (χ0v) is 10.3. The molecule has 0 fully saturated rings. The fraction of sp³-hybridized carbons (Fsp3) is 0.0769. The van der Waals surface area contributed by atoms with E-state index >= 15 is 0 Å². The van der Waals surface area contributed by atoms with Gasteiger partial charge in [-0.15, -0.1) is 0 Å². The monoisotopic (exact) mass is 261 g/mol. The zero-order valence-electron chi connectivity index (χ0n) is 9.46. The van der Waals surface area contributed by atoms with Gasteiger partial charge in [0.15, 0.2) is 0 Å². The highest BCUT2D eigenvalue weighted by molar-refractivity contribution is 7.84. The summed E-state index contributed by atoms with van der Waals surface area (Å²) in [6.07, 6.45) is 0.785. The van der Waals surface area contributed by atoms with Crippen LogP contribution in [-0.2, 0) is 16.7 Å². The fourth-order valence-electron chi connectivity index (χ4n) is 2.31. The van der Waals surface area contributed by atoms with Crippen molar-refractivity contribution in [1.82, 2.24) is 0 Å². The number of hydrogen-bond acceptors (Lipinski definition) is 3.